The quantitative estimate of drug-likeness (QED) is 0.281. The first kappa shape index (κ1) is 27.4. The van der Waals surface area contributed by atoms with Crippen molar-refractivity contribution in [2.75, 3.05) is 13.2 Å². The summed E-state index contributed by atoms with van der Waals surface area (Å²) in [6, 6.07) is 18.7. The van der Waals surface area contributed by atoms with Crippen LogP contribution >= 0.6 is 11.3 Å². The van der Waals surface area contributed by atoms with Crippen molar-refractivity contribution in [2.24, 2.45) is 4.99 Å². The lowest BCUT2D eigenvalue weighted by Gasteiger charge is -2.25. The van der Waals surface area contributed by atoms with E-state index in [-0.39, 0.29) is 11.7 Å². The molecule has 2 heterocycles. The van der Waals surface area contributed by atoms with Gasteiger partial charge in [0.1, 0.15) is 11.5 Å². The minimum Gasteiger partial charge on any atom is -0.494 e. The lowest BCUT2D eigenvalue weighted by molar-refractivity contribution is -0.143. The van der Waals surface area contributed by atoms with Crippen molar-refractivity contribution < 1.29 is 19.0 Å². The second-order valence-corrected chi connectivity index (χ2v) is 10.7. The highest BCUT2D eigenvalue weighted by Crippen LogP contribution is 2.32. The lowest BCUT2D eigenvalue weighted by atomic mass is 9.96. The minimum atomic E-state index is -0.683. The summed E-state index contributed by atoms with van der Waals surface area (Å²) in [6.45, 7) is 10.4. The van der Waals surface area contributed by atoms with Crippen LogP contribution in [0, 0.1) is 0 Å². The molecule has 0 N–H and O–H groups in total. The number of rotatable bonds is 8. The van der Waals surface area contributed by atoms with E-state index in [4.69, 9.17) is 19.2 Å². The molecule has 1 aliphatic heterocycles. The molecule has 8 heteroatoms. The van der Waals surface area contributed by atoms with Crippen LogP contribution in [0.1, 0.15) is 51.8 Å². The summed E-state index contributed by atoms with van der Waals surface area (Å²) in [5.41, 5.74) is 2.33. The Morgan fingerprint density at radius 1 is 1.00 bits per heavy atom. The zero-order valence-corrected chi connectivity index (χ0v) is 24.1. The SMILES string of the molecule is CCOc1ccc([C@H]2C(C(=O)OC(C)C)=C(C)N=c3s/c(=C/c4ccc(OCC)c5ccccc45)c(=O)n32)cc1. The molecule has 1 atom stereocenters. The Morgan fingerprint density at radius 2 is 1.70 bits per heavy atom. The molecule has 0 bridgehead atoms. The Morgan fingerprint density at radius 3 is 2.38 bits per heavy atom. The molecule has 0 fully saturated rings. The molecule has 1 aromatic heterocycles. The molecule has 4 aromatic rings. The van der Waals surface area contributed by atoms with Gasteiger partial charge < -0.3 is 14.2 Å². The summed E-state index contributed by atoms with van der Waals surface area (Å²) in [4.78, 5) is 32.6. The lowest BCUT2D eigenvalue weighted by Crippen LogP contribution is -2.40. The van der Waals surface area contributed by atoms with Crippen molar-refractivity contribution in [3.63, 3.8) is 0 Å². The van der Waals surface area contributed by atoms with E-state index in [0.717, 1.165) is 27.6 Å². The van der Waals surface area contributed by atoms with Gasteiger partial charge in [-0.25, -0.2) is 9.79 Å². The Hall–Kier alpha value is -4.17. The van der Waals surface area contributed by atoms with Crippen molar-refractivity contribution in [3.8, 4) is 11.5 Å². The van der Waals surface area contributed by atoms with E-state index < -0.39 is 12.0 Å². The Kier molecular flexibility index (Phi) is 7.89. The Balaban J connectivity index is 1.70. The maximum atomic E-state index is 14.0. The van der Waals surface area contributed by atoms with Gasteiger partial charge in [0.15, 0.2) is 4.80 Å². The molecule has 3 aromatic carbocycles. The summed E-state index contributed by atoms with van der Waals surface area (Å²) in [5, 5.41) is 1.97. The third-order valence-electron chi connectivity index (χ3n) is 6.60. The highest BCUT2D eigenvalue weighted by Gasteiger charge is 2.33. The van der Waals surface area contributed by atoms with Gasteiger partial charge in [-0.1, -0.05) is 53.8 Å². The number of aromatic nitrogens is 1. The van der Waals surface area contributed by atoms with Crippen LogP contribution in [-0.2, 0) is 9.53 Å². The molecule has 0 aliphatic carbocycles. The molecule has 5 rings (SSSR count). The van der Waals surface area contributed by atoms with Crippen molar-refractivity contribution in [2.45, 2.75) is 46.8 Å². The summed E-state index contributed by atoms with van der Waals surface area (Å²) in [7, 11) is 0. The fourth-order valence-electron chi connectivity index (χ4n) is 4.93. The standard InChI is InChI=1S/C32H32N2O5S/c1-6-37-23-15-12-21(13-16-23)29-28(31(36)39-19(3)4)20(5)33-32-34(29)30(35)27(40-32)18-22-14-17-26(38-7-2)25-11-9-8-10-24(22)25/h8-19,29H,6-7H2,1-5H3/b27-18+/t29-/m0/s1. The average Bonchev–Trinajstić information content (AvgIpc) is 3.23. The van der Waals surface area contributed by atoms with Crippen molar-refractivity contribution in [1.82, 2.24) is 4.57 Å². The number of esters is 1. The molecule has 0 unspecified atom stereocenters. The maximum Gasteiger partial charge on any atom is 0.338 e. The summed E-state index contributed by atoms with van der Waals surface area (Å²) < 4.78 is 19.2. The highest BCUT2D eigenvalue weighted by molar-refractivity contribution is 7.07. The van der Waals surface area contributed by atoms with Crippen LogP contribution in [0.2, 0.25) is 0 Å². The average molecular weight is 557 g/mol. The molecule has 40 heavy (non-hydrogen) atoms. The van der Waals surface area contributed by atoms with E-state index in [9.17, 15) is 9.59 Å². The number of fused-ring (bicyclic) bond motifs is 2. The zero-order valence-electron chi connectivity index (χ0n) is 23.3. The number of ether oxygens (including phenoxy) is 3. The van der Waals surface area contributed by atoms with Crippen molar-refractivity contribution in [1.29, 1.82) is 0 Å². The topological polar surface area (TPSA) is 79.1 Å². The third-order valence-corrected chi connectivity index (χ3v) is 7.58. The van der Waals surface area contributed by atoms with Gasteiger partial charge in [0.2, 0.25) is 0 Å². The summed E-state index contributed by atoms with van der Waals surface area (Å²) in [5.74, 6) is 1.03. The van der Waals surface area contributed by atoms with Crippen molar-refractivity contribution in [3.05, 3.63) is 103 Å². The van der Waals surface area contributed by atoms with Gasteiger partial charge in [0.05, 0.1) is 41.2 Å². The second-order valence-electron chi connectivity index (χ2n) is 9.67. The normalized spacial score (nSPS) is 15.2. The number of hydrogen-bond acceptors (Lipinski definition) is 7. The van der Waals surface area contributed by atoms with Crippen LogP contribution in [0.5, 0.6) is 11.5 Å². The second kappa shape index (κ2) is 11.5. The Labute approximate surface area is 236 Å². The smallest absolute Gasteiger partial charge is 0.338 e. The number of carbonyl (C=O) groups excluding carboxylic acids is 1. The first-order valence-corrected chi connectivity index (χ1v) is 14.2. The number of carbonyl (C=O) groups is 1. The first-order chi connectivity index (χ1) is 19.3. The van der Waals surface area contributed by atoms with Gasteiger partial charge in [0, 0.05) is 5.39 Å². The van der Waals surface area contributed by atoms with Gasteiger partial charge in [-0.2, -0.15) is 0 Å². The molecule has 0 radical (unpaired) electrons. The van der Waals surface area contributed by atoms with E-state index >= 15 is 0 Å². The van der Waals surface area contributed by atoms with Crippen LogP contribution in [0.25, 0.3) is 16.8 Å². The zero-order chi connectivity index (χ0) is 28.4. The van der Waals surface area contributed by atoms with Gasteiger partial charge in [-0.15, -0.1) is 0 Å². The summed E-state index contributed by atoms with van der Waals surface area (Å²) >= 11 is 1.31. The van der Waals surface area contributed by atoms with Gasteiger partial charge >= 0.3 is 5.97 Å². The largest absolute Gasteiger partial charge is 0.494 e. The van der Waals surface area contributed by atoms with E-state index in [1.54, 1.807) is 25.3 Å². The molecule has 206 valence electrons. The predicted molar refractivity (Wildman–Crippen MR) is 158 cm³/mol. The first-order valence-electron chi connectivity index (χ1n) is 13.4. The monoisotopic (exact) mass is 556 g/mol. The molecule has 0 saturated carbocycles. The fraction of sp³-hybridized carbons (Fsp3) is 0.281. The number of nitrogens with zero attached hydrogens (tertiary/aromatic N) is 2. The molecule has 0 saturated heterocycles. The third kappa shape index (κ3) is 5.19. The molecular formula is C32H32N2O5S. The van der Waals surface area contributed by atoms with Crippen LogP contribution in [-0.4, -0.2) is 29.9 Å². The highest BCUT2D eigenvalue weighted by atomic mass is 32.1. The van der Waals surface area contributed by atoms with Crippen LogP contribution in [0.3, 0.4) is 0 Å². The van der Waals surface area contributed by atoms with Gasteiger partial charge in [0.25, 0.3) is 5.56 Å². The van der Waals surface area contributed by atoms with E-state index in [1.807, 2.05) is 80.6 Å². The maximum absolute atomic E-state index is 14.0. The molecule has 1 aliphatic rings. The Bertz CT molecular complexity index is 1780. The van der Waals surface area contributed by atoms with Crippen molar-refractivity contribution >= 4 is 34.2 Å². The van der Waals surface area contributed by atoms with Crippen LogP contribution < -0.4 is 24.4 Å². The number of allylic oxidation sites excluding steroid dienone is 1. The fourth-order valence-corrected chi connectivity index (χ4v) is 5.97. The van der Waals surface area contributed by atoms with Gasteiger partial charge in [-0.3, -0.25) is 9.36 Å². The van der Waals surface area contributed by atoms with Crippen LogP contribution in [0.4, 0.5) is 0 Å². The summed E-state index contributed by atoms with van der Waals surface area (Å²) in [6.07, 6.45) is 1.58. The molecule has 7 nitrogen and oxygen atoms in total. The van der Waals surface area contributed by atoms with E-state index in [0.29, 0.717) is 39.6 Å². The van der Waals surface area contributed by atoms with E-state index in [2.05, 4.69) is 0 Å². The van der Waals surface area contributed by atoms with E-state index in [1.165, 1.54) is 11.3 Å². The molecular weight excluding hydrogens is 524 g/mol. The van der Waals surface area contributed by atoms with Crippen LogP contribution in [0.15, 0.2) is 81.7 Å². The number of hydrogen-bond donors (Lipinski definition) is 0. The number of benzene rings is 3. The molecule has 0 amide bonds. The predicted octanol–water partition coefficient (Wildman–Crippen LogP) is 5.14. The van der Waals surface area contributed by atoms with Gasteiger partial charge in [-0.05, 0) is 75.4 Å². The molecule has 0 spiro atoms. The minimum absolute atomic E-state index is 0.219. The number of thiazole rings is 1.